The zero-order valence-electron chi connectivity index (χ0n) is 13.8. The Morgan fingerprint density at radius 1 is 1.17 bits per heavy atom. The van der Waals surface area contributed by atoms with E-state index in [9.17, 15) is 4.79 Å². The first-order valence-electron chi connectivity index (χ1n) is 7.94. The van der Waals surface area contributed by atoms with Gasteiger partial charge in [-0.25, -0.2) is 4.98 Å². The molecule has 0 atom stereocenters. The number of rotatable bonds is 4. The first kappa shape index (κ1) is 15.3. The molecule has 0 saturated heterocycles. The van der Waals surface area contributed by atoms with Crippen LogP contribution in [0.1, 0.15) is 40.7 Å². The molecular formula is C19H21N3O. The minimum Gasteiger partial charge on any atom is -0.321 e. The lowest BCUT2D eigenvalue weighted by molar-refractivity contribution is 0.102. The molecule has 1 amide bonds. The topological polar surface area (TPSA) is 46.4 Å². The lowest BCUT2D eigenvalue weighted by atomic mass is 10.1. The Kier molecular flexibility index (Phi) is 4.15. The number of carbonyl (C=O) groups excluding carboxylic acids is 1. The van der Waals surface area contributed by atoms with Crippen LogP contribution in [0.2, 0.25) is 0 Å². The number of fused-ring (bicyclic) bond motifs is 1. The maximum Gasteiger partial charge on any atom is 0.274 e. The number of pyridine rings is 1. The van der Waals surface area contributed by atoms with Gasteiger partial charge in [0.1, 0.15) is 11.3 Å². The highest BCUT2D eigenvalue weighted by Gasteiger charge is 2.18. The van der Waals surface area contributed by atoms with Crippen molar-refractivity contribution in [3.8, 4) is 0 Å². The van der Waals surface area contributed by atoms with Crippen LogP contribution in [0.15, 0.2) is 42.6 Å². The van der Waals surface area contributed by atoms with Crippen molar-refractivity contribution < 1.29 is 4.79 Å². The normalized spacial score (nSPS) is 10.9. The highest BCUT2D eigenvalue weighted by Crippen LogP contribution is 2.18. The zero-order chi connectivity index (χ0) is 16.4. The molecular weight excluding hydrogens is 286 g/mol. The number of nitrogens with one attached hydrogen (secondary N) is 1. The summed E-state index contributed by atoms with van der Waals surface area (Å²) in [6.07, 6.45) is 3.63. The van der Waals surface area contributed by atoms with Gasteiger partial charge in [-0.05, 0) is 55.7 Å². The Bertz CT molecular complexity index is 844. The van der Waals surface area contributed by atoms with Crippen LogP contribution < -0.4 is 5.32 Å². The fraction of sp³-hybridized carbons (Fsp3) is 0.263. The van der Waals surface area contributed by atoms with E-state index in [2.05, 4.69) is 23.3 Å². The third-order valence-corrected chi connectivity index (χ3v) is 3.78. The molecule has 2 aromatic heterocycles. The Morgan fingerprint density at radius 3 is 2.61 bits per heavy atom. The number of amides is 1. The maximum atomic E-state index is 12.8. The molecule has 0 radical (unpaired) electrons. The first-order chi connectivity index (χ1) is 11.1. The Balaban J connectivity index is 2.01. The third kappa shape index (κ3) is 3.11. The predicted octanol–water partition coefficient (Wildman–Crippen LogP) is 4.16. The van der Waals surface area contributed by atoms with Crippen LogP contribution in [-0.2, 0) is 6.42 Å². The lowest BCUT2D eigenvalue weighted by Gasteiger charge is -2.09. The van der Waals surface area contributed by atoms with Crippen molar-refractivity contribution in [3.63, 3.8) is 0 Å². The van der Waals surface area contributed by atoms with E-state index in [0.717, 1.165) is 41.0 Å². The smallest absolute Gasteiger partial charge is 0.274 e. The average molecular weight is 307 g/mol. The van der Waals surface area contributed by atoms with Gasteiger partial charge in [0, 0.05) is 11.9 Å². The second-order valence-electron chi connectivity index (χ2n) is 5.92. The summed E-state index contributed by atoms with van der Waals surface area (Å²) in [4.78, 5) is 17.4. The van der Waals surface area contributed by atoms with Gasteiger partial charge >= 0.3 is 0 Å². The number of hydrogen-bond acceptors (Lipinski definition) is 2. The van der Waals surface area contributed by atoms with Crippen molar-refractivity contribution >= 4 is 17.2 Å². The number of hydrogen-bond donors (Lipinski definition) is 1. The van der Waals surface area contributed by atoms with Gasteiger partial charge in [0.2, 0.25) is 0 Å². The van der Waals surface area contributed by atoms with E-state index in [1.54, 1.807) is 0 Å². The van der Waals surface area contributed by atoms with Crippen molar-refractivity contribution in [1.82, 2.24) is 9.38 Å². The van der Waals surface area contributed by atoms with Crippen LogP contribution in [0, 0.1) is 13.8 Å². The van der Waals surface area contributed by atoms with E-state index < -0.39 is 0 Å². The van der Waals surface area contributed by atoms with Crippen molar-refractivity contribution in [2.45, 2.75) is 33.6 Å². The van der Waals surface area contributed by atoms with Crippen LogP contribution >= 0.6 is 0 Å². The van der Waals surface area contributed by atoms with Gasteiger partial charge in [0.25, 0.3) is 5.91 Å². The molecule has 0 spiro atoms. The van der Waals surface area contributed by atoms with E-state index in [1.807, 2.05) is 54.8 Å². The Hall–Kier alpha value is -2.62. The minimum atomic E-state index is -0.114. The number of aryl methyl sites for hydroxylation is 3. The summed E-state index contributed by atoms with van der Waals surface area (Å²) in [6, 6.07) is 11.8. The molecule has 2 heterocycles. The molecule has 0 aliphatic carbocycles. The highest BCUT2D eigenvalue weighted by atomic mass is 16.2. The number of carbonyl (C=O) groups is 1. The molecule has 3 rings (SSSR count). The predicted molar refractivity (Wildman–Crippen MR) is 93.1 cm³/mol. The minimum absolute atomic E-state index is 0.114. The van der Waals surface area contributed by atoms with E-state index >= 15 is 0 Å². The summed E-state index contributed by atoms with van der Waals surface area (Å²) < 4.78 is 1.86. The molecule has 0 fully saturated rings. The van der Waals surface area contributed by atoms with Gasteiger partial charge in [-0.2, -0.15) is 0 Å². The number of anilines is 1. The number of aromatic nitrogens is 2. The molecule has 23 heavy (non-hydrogen) atoms. The lowest BCUT2D eigenvalue weighted by Crippen LogP contribution is -2.16. The van der Waals surface area contributed by atoms with Crippen molar-refractivity contribution in [2.24, 2.45) is 0 Å². The van der Waals surface area contributed by atoms with Crippen LogP contribution in [0.3, 0.4) is 0 Å². The summed E-state index contributed by atoms with van der Waals surface area (Å²) in [5.74, 6) is -0.114. The number of nitrogens with zero attached hydrogens (tertiary/aromatic N) is 2. The Labute approximate surface area is 136 Å². The number of imidazole rings is 1. The van der Waals surface area contributed by atoms with Crippen LogP contribution in [0.25, 0.3) is 5.65 Å². The van der Waals surface area contributed by atoms with Crippen LogP contribution in [-0.4, -0.2) is 15.3 Å². The zero-order valence-corrected chi connectivity index (χ0v) is 13.8. The molecule has 0 saturated carbocycles. The van der Waals surface area contributed by atoms with Crippen LogP contribution in [0.5, 0.6) is 0 Å². The fourth-order valence-corrected chi connectivity index (χ4v) is 2.93. The summed E-state index contributed by atoms with van der Waals surface area (Å²) >= 11 is 0. The Morgan fingerprint density at radius 2 is 1.91 bits per heavy atom. The van der Waals surface area contributed by atoms with Gasteiger partial charge in [-0.1, -0.05) is 25.5 Å². The van der Waals surface area contributed by atoms with Gasteiger partial charge in [0.15, 0.2) is 0 Å². The van der Waals surface area contributed by atoms with Gasteiger partial charge in [0.05, 0.1) is 5.69 Å². The van der Waals surface area contributed by atoms with E-state index in [1.165, 1.54) is 0 Å². The third-order valence-electron chi connectivity index (χ3n) is 3.78. The first-order valence-corrected chi connectivity index (χ1v) is 7.94. The molecule has 4 nitrogen and oxygen atoms in total. The monoisotopic (exact) mass is 307 g/mol. The summed E-state index contributed by atoms with van der Waals surface area (Å²) in [6.45, 7) is 6.15. The van der Waals surface area contributed by atoms with Gasteiger partial charge < -0.3 is 5.32 Å². The molecule has 0 aliphatic rings. The quantitative estimate of drug-likeness (QED) is 0.787. The number of benzene rings is 1. The van der Waals surface area contributed by atoms with Gasteiger partial charge in [-0.15, -0.1) is 0 Å². The summed E-state index contributed by atoms with van der Waals surface area (Å²) in [5, 5.41) is 3.02. The SMILES string of the molecule is CCCc1nc2ccccn2c1C(=O)Nc1cc(C)cc(C)c1. The van der Waals surface area contributed by atoms with Gasteiger partial charge in [-0.3, -0.25) is 9.20 Å². The molecule has 0 unspecified atom stereocenters. The summed E-state index contributed by atoms with van der Waals surface area (Å²) in [7, 11) is 0. The van der Waals surface area contributed by atoms with Crippen molar-refractivity contribution in [3.05, 3.63) is 65.1 Å². The van der Waals surface area contributed by atoms with Crippen molar-refractivity contribution in [1.29, 1.82) is 0 Å². The fourth-order valence-electron chi connectivity index (χ4n) is 2.93. The molecule has 0 aliphatic heterocycles. The second-order valence-corrected chi connectivity index (χ2v) is 5.92. The highest BCUT2D eigenvalue weighted by molar-refractivity contribution is 6.04. The standard InChI is InChI=1S/C19H21N3O/c1-4-7-16-18(22-9-6-5-8-17(22)21-16)19(23)20-15-11-13(2)10-14(3)12-15/h5-6,8-12H,4,7H2,1-3H3,(H,20,23). The van der Waals surface area contributed by atoms with E-state index in [0.29, 0.717) is 5.69 Å². The molecule has 3 aromatic rings. The summed E-state index contributed by atoms with van der Waals surface area (Å²) in [5.41, 5.74) is 5.36. The maximum absolute atomic E-state index is 12.8. The molecule has 1 aromatic carbocycles. The average Bonchev–Trinajstić information content (AvgIpc) is 2.84. The largest absolute Gasteiger partial charge is 0.321 e. The van der Waals surface area contributed by atoms with Crippen LogP contribution in [0.4, 0.5) is 5.69 Å². The molecule has 0 bridgehead atoms. The second kappa shape index (κ2) is 6.24. The molecule has 4 heteroatoms. The van der Waals surface area contributed by atoms with E-state index in [-0.39, 0.29) is 5.91 Å². The molecule has 1 N–H and O–H groups in total. The van der Waals surface area contributed by atoms with Crippen molar-refractivity contribution in [2.75, 3.05) is 5.32 Å². The van der Waals surface area contributed by atoms with E-state index in [4.69, 9.17) is 0 Å². The molecule has 118 valence electrons.